The Hall–Kier alpha value is -5.48. The second kappa shape index (κ2) is 10.5. The van der Waals surface area contributed by atoms with Crippen molar-refractivity contribution in [3.8, 4) is 17.1 Å². The molecule has 0 fully saturated rings. The van der Waals surface area contributed by atoms with Crippen LogP contribution >= 0.6 is 0 Å². The molecule has 2 atom stereocenters. The monoisotopic (exact) mass is 610 g/mol. The molecule has 4 heterocycles. The maximum atomic E-state index is 6.82. The fraction of sp³-hybridized carbons (Fsp3) is 0.163. The molecule has 0 saturated carbocycles. The first-order valence-corrected chi connectivity index (χ1v) is 16.6. The van der Waals surface area contributed by atoms with E-state index in [2.05, 4.69) is 133 Å². The third-order valence-corrected chi connectivity index (χ3v) is 10.3. The van der Waals surface area contributed by atoms with Gasteiger partial charge < -0.3 is 4.42 Å². The third-order valence-electron chi connectivity index (χ3n) is 10.3. The van der Waals surface area contributed by atoms with E-state index in [1.54, 1.807) is 0 Å². The Morgan fingerprint density at radius 1 is 0.894 bits per heavy atom. The van der Waals surface area contributed by atoms with E-state index in [0.717, 1.165) is 74.3 Å². The molecule has 47 heavy (non-hydrogen) atoms. The Morgan fingerprint density at radius 3 is 2.51 bits per heavy atom. The third kappa shape index (κ3) is 4.07. The minimum absolute atomic E-state index is 0.149. The number of aryl methyl sites for hydroxylation is 1. The van der Waals surface area contributed by atoms with Crippen molar-refractivity contribution >= 4 is 44.4 Å². The van der Waals surface area contributed by atoms with Crippen LogP contribution in [0.5, 0.6) is 0 Å². The highest BCUT2D eigenvalue weighted by Gasteiger charge is 2.41. The molecule has 0 saturated heterocycles. The van der Waals surface area contributed by atoms with Gasteiger partial charge in [-0.3, -0.25) is 4.99 Å². The van der Waals surface area contributed by atoms with E-state index >= 15 is 0 Å². The topological polar surface area (TPSA) is 34.3 Å². The molecular formula is C43H36N3O+. The van der Waals surface area contributed by atoms with Gasteiger partial charge in [0, 0.05) is 22.3 Å². The van der Waals surface area contributed by atoms with Gasteiger partial charge in [-0.1, -0.05) is 106 Å². The highest BCUT2D eigenvalue weighted by Crippen LogP contribution is 2.46. The van der Waals surface area contributed by atoms with E-state index in [1.165, 1.54) is 22.3 Å². The first kappa shape index (κ1) is 27.8. The summed E-state index contributed by atoms with van der Waals surface area (Å²) in [4.78, 5) is 5.46. The molecule has 2 aliphatic heterocycles. The van der Waals surface area contributed by atoms with Crippen LogP contribution in [-0.2, 0) is 6.42 Å². The number of aliphatic imine (C=N–C) groups is 1. The number of hydrogen-bond acceptors (Lipinski definition) is 2. The number of para-hydroxylation sites is 4. The van der Waals surface area contributed by atoms with Crippen LogP contribution in [0.4, 0.5) is 0 Å². The van der Waals surface area contributed by atoms with Crippen LogP contribution < -0.4 is 4.57 Å². The maximum absolute atomic E-state index is 6.82. The second-order valence-corrected chi connectivity index (χ2v) is 13.2. The summed E-state index contributed by atoms with van der Waals surface area (Å²) in [5.41, 5.74) is 13.2. The lowest BCUT2D eigenvalue weighted by Gasteiger charge is -2.32. The first-order valence-electron chi connectivity index (χ1n) is 16.6. The summed E-state index contributed by atoms with van der Waals surface area (Å²) in [5, 5.41) is 2.25. The molecule has 4 heteroatoms. The Kier molecular flexibility index (Phi) is 6.23. The van der Waals surface area contributed by atoms with Crippen LogP contribution in [0.15, 0.2) is 138 Å². The quantitative estimate of drug-likeness (QED) is 0.183. The molecule has 2 unspecified atom stereocenters. The predicted molar refractivity (Wildman–Crippen MR) is 194 cm³/mol. The number of aromatic nitrogens is 2. The lowest BCUT2D eigenvalue weighted by atomic mass is 9.78. The number of nitrogens with zero attached hydrogens (tertiary/aromatic N) is 3. The molecule has 0 amide bonds. The van der Waals surface area contributed by atoms with Gasteiger partial charge in [0.1, 0.15) is 28.6 Å². The summed E-state index contributed by atoms with van der Waals surface area (Å²) in [7, 11) is 0. The van der Waals surface area contributed by atoms with Gasteiger partial charge in [0.05, 0.1) is 5.71 Å². The molecule has 7 aromatic rings. The Morgan fingerprint density at radius 2 is 1.68 bits per heavy atom. The van der Waals surface area contributed by atoms with Crippen molar-refractivity contribution in [3.63, 3.8) is 0 Å². The van der Waals surface area contributed by atoms with Crippen molar-refractivity contribution in [2.24, 2.45) is 4.99 Å². The van der Waals surface area contributed by atoms with E-state index in [9.17, 15) is 0 Å². The summed E-state index contributed by atoms with van der Waals surface area (Å²) in [6, 6.07) is 39.0. The zero-order valence-electron chi connectivity index (χ0n) is 26.8. The summed E-state index contributed by atoms with van der Waals surface area (Å²) >= 11 is 0. The Bertz CT molecular complexity index is 2440. The van der Waals surface area contributed by atoms with Crippen LogP contribution in [-0.4, -0.2) is 16.3 Å². The van der Waals surface area contributed by atoms with Crippen molar-refractivity contribution < 1.29 is 8.98 Å². The molecular weight excluding hydrogens is 574 g/mol. The first-order chi connectivity index (χ1) is 23.0. The minimum atomic E-state index is -0.169. The van der Waals surface area contributed by atoms with Crippen molar-refractivity contribution in [1.82, 2.24) is 4.57 Å². The van der Waals surface area contributed by atoms with Crippen molar-refractivity contribution in [3.05, 3.63) is 151 Å². The van der Waals surface area contributed by atoms with Gasteiger partial charge in [0.2, 0.25) is 0 Å². The molecule has 2 aromatic heterocycles. The number of imidazole rings is 1. The molecule has 2 aliphatic rings. The zero-order chi connectivity index (χ0) is 31.8. The molecule has 9 rings (SSSR count). The normalized spacial score (nSPS) is 17.4. The van der Waals surface area contributed by atoms with Crippen molar-refractivity contribution in [2.45, 2.75) is 44.6 Å². The van der Waals surface area contributed by atoms with Gasteiger partial charge >= 0.3 is 5.82 Å². The molecule has 0 N–H and O–H groups in total. The van der Waals surface area contributed by atoms with Crippen LogP contribution in [0.3, 0.4) is 0 Å². The lowest BCUT2D eigenvalue weighted by Crippen LogP contribution is -2.34. The number of allylic oxidation sites excluding steroid dienone is 1. The van der Waals surface area contributed by atoms with E-state index in [4.69, 9.17) is 16.0 Å². The summed E-state index contributed by atoms with van der Waals surface area (Å²) in [5.74, 6) is 1.62. The fourth-order valence-corrected chi connectivity index (χ4v) is 7.99. The van der Waals surface area contributed by atoms with E-state index in [-0.39, 0.29) is 12.0 Å². The number of hydrogen-bond donors (Lipinski definition) is 0. The van der Waals surface area contributed by atoms with Crippen LogP contribution in [0, 0.1) is 0 Å². The van der Waals surface area contributed by atoms with Crippen LogP contribution in [0.2, 0.25) is 0 Å². The minimum Gasteiger partial charge on any atom is -0.455 e. The summed E-state index contributed by atoms with van der Waals surface area (Å²) in [6.07, 6.45) is 3.71. The smallest absolute Gasteiger partial charge is 0.304 e. The zero-order valence-corrected chi connectivity index (χ0v) is 26.8. The van der Waals surface area contributed by atoms with Crippen LogP contribution in [0.25, 0.3) is 55.7 Å². The van der Waals surface area contributed by atoms with Gasteiger partial charge in [-0.15, -0.1) is 0 Å². The molecule has 0 spiro atoms. The number of furan rings is 1. The maximum Gasteiger partial charge on any atom is 0.304 e. The fourth-order valence-electron chi connectivity index (χ4n) is 7.99. The van der Waals surface area contributed by atoms with Gasteiger partial charge in [-0.25, -0.2) is 0 Å². The van der Waals surface area contributed by atoms with Gasteiger partial charge in [-0.2, -0.15) is 9.13 Å². The van der Waals surface area contributed by atoms with E-state index < -0.39 is 0 Å². The average molecular weight is 611 g/mol. The Labute approximate surface area is 274 Å². The van der Waals surface area contributed by atoms with Gasteiger partial charge in [-0.05, 0) is 71.9 Å². The van der Waals surface area contributed by atoms with Crippen molar-refractivity contribution in [1.29, 1.82) is 0 Å². The SMILES string of the molecule is C=CC1=NC2C(=C)n3c([n+](-c4ccccc4)c4ccccc43)-c3c(ccc4c3oc3ccccc34)CCC2c2cc(C(C)C)ccc21. The second-order valence-electron chi connectivity index (χ2n) is 13.2. The average Bonchev–Trinajstić information content (AvgIpc) is 3.66. The molecule has 4 nitrogen and oxygen atoms in total. The number of rotatable bonds is 3. The highest BCUT2D eigenvalue weighted by atomic mass is 16.3. The largest absolute Gasteiger partial charge is 0.455 e. The predicted octanol–water partition coefficient (Wildman–Crippen LogP) is 10.2. The lowest BCUT2D eigenvalue weighted by molar-refractivity contribution is -0.555. The highest BCUT2D eigenvalue weighted by molar-refractivity contribution is 6.12. The van der Waals surface area contributed by atoms with Crippen LogP contribution in [0.1, 0.15) is 54.4 Å². The molecule has 0 bridgehead atoms. The molecule has 5 aromatic carbocycles. The number of benzene rings is 5. The van der Waals surface area contributed by atoms with E-state index in [1.807, 2.05) is 12.1 Å². The molecule has 0 aliphatic carbocycles. The Balaban J connectivity index is 1.43. The standard InChI is InChI=1S/C43H36N3O/c1-5-36-31-22-21-29(26(2)3)25-35(31)33-23-19-28-20-24-34-32-15-9-12-18-39(32)47-42(34)40(28)43-45(27(4)41(33)44-36)37-16-10-11-17-38(37)46(43)30-13-7-6-8-14-30/h5-18,20-22,24-26,33,41H,1,4,19,23H2,2-3H3/q+1. The molecule has 0 radical (unpaired) electrons. The van der Waals surface area contributed by atoms with E-state index in [0.29, 0.717) is 5.92 Å². The summed E-state index contributed by atoms with van der Waals surface area (Å²) < 4.78 is 11.6. The summed E-state index contributed by atoms with van der Waals surface area (Å²) in [6.45, 7) is 13.7. The number of fused-ring (bicyclic) bond motifs is 12. The van der Waals surface area contributed by atoms with Gasteiger partial charge in [0.15, 0.2) is 16.6 Å². The molecule has 228 valence electrons. The van der Waals surface area contributed by atoms with Crippen molar-refractivity contribution in [2.75, 3.05) is 0 Å². The van der Waals surface area contributed by atoms with Gasteiger partial charge in [0.25, 0.3) is 0 Å².